The molecule has 1 fully saturated rings. The number of carbonyl (C=O) groups is 2. The third kappa shape index (κ3) is 4.01. The summed E-state index contributed by atoms with van der Waals surface area (Å²) in [5.41, 5.74) is 2.45. The lowest BCUT2D eigenvalue weighted by Crippen LogP contribution is -2.57. The van der Waals surface area contributed by atoms with Crippen LogP contribution in [0.5, 0.6) is 0 Å². The van der Waals surface area contributed by atoms with Gasteiger partial charge in [0.25, 0.3) is 5.91 Å². The van der Waals surface area contributed by atoms with Gasteiger partial charge in [0, 0.05) is 29.5 Å². The first-order chi connectivity index (χ1) is 15.3. The molecule has 1 atom stereocenters. The number of nitrogens with one attached hydrogen (secondary N) is 4. The van der Waals surface area contributed by atoms with E-state index in [0.29, 0.717) is 21.9 Å². The summed E-state index contributed by atoms with van der Waals surface area (Å²) in [6, 6.07) is 4.27. The quantitative estimate of drug-likeness (QED) is 0.423. The van der Waals surface area contributed by atoms with Gasteiger partial charge in [-0.3, -0.25) is 15.0 Å². The molecule has 1 aliphatic heterocycles. The zero-order valence-corrected chi connectivity index (χ0v) is 18.1. The molecule has 4 rings (SSSR count). The first-order valence-electron chi connectivity index (χ1n) is 9.93. The molecule has 2 aromatic heterocycles. The Morgan fingerprint density at radius 3 is 2.78 bits per heavy atom. The molecule has 1 unspecified atom stereocenters. The second-order valence-electron chi connectivity index (χ2n) is 7.51. The van der Waals surface area contributed by atoms with Gasteiger partial charge in [-0.05, 0) is 25.1 Å². The SMILES string of the molecule is CNc1cc(Cl)ccc1C(=N)c1cnc2[nH]cc(C(=O)NC(C)C(=O)N3CC(F)C3)c2n1. The monoisotopic (exact) mass is 457 g/mol. The minimum atomic E-state index is -1.01. The Balaban J connectivity index is 1.58. The van der Waals surface area contributed by atoms with E-state index in [1.807, 2.05) is 0 Å². The fourth-order valence-electron chi connectivity index (χ4n) is 3.48. The molecule has 3 aromatic rings. The van der Waals surface area contributed by atoms with E-state index in [2.05, 4.69) is 25.6 Å². The molecule has 166 valence electrons. The van der Waals surface area contributed by atoms with Gasteiger partial charge in [-0.25, -0.2) is 14.4 Å². The topological polar surface area (TPSA) is 127 Å². The summed E-state index contributed by atoms with van der Waals surface area (Å²) in [6.45, 7) is 1.64. The molecule has 0 aliphatic carbocycles. The first-order valence-corrected chi connectivity index (χ1v) is 10.3. The van der Waals surface area contributed by atoms with E-state index in [1.54, 1.807) is 32.2 Å². The molecule has 0 spiro atoms. The van der Waals surface area contributed by atoms with Gasteiger partial charge in [0.1, 0.15) is 23.4 Å². The van der Waals surface area contributed by atoms with Crippen LogP contribution in [-0.4, -0.2) is 69.7 Å². The maximum absolute atomic E-state index is 13.0. The number of nitrogens with zero attached hydrogens (tertiary/aromatic N) is 3. The summed E-state index contributed by atoms with van der Waals surface area (Å²) >= 11 is 6.04. The third-order valence-electron chi connectivity index (χ3n) is 5.27. The number of hydrogen-bond acceptors (Lipinski definition) is 6. The van der Waals surface area contributed by atoms with Crippen LogP contribution in [0.25, 0.3) is 11.2 Å². The number of fused-ring (bicyclic) bond motifs is 1. The fraction of sp³-hybridized carbons (Fsp3) is 0.286. The number of aromatic amines is 1. The van der Waals surface area contributed by atoms with Crippen molar-refractivity contribution >= 4 is 46.0 Å². The summed E-state index contributed by atoms with van der Waals surface area (Å²) in [4.78, 5) is 38.1. The summed E-state index contributed by atoms with van der Waals surface area (Å²) in [5.74, 6) is -0.863. The predicted molar refractivity (Wildman–Crippen MR) is 119 cm³/mol. The number of amides is 2. The Hall–Kier alpha value is -3.53. The molecule has 1 aliphatic rings. The number of H-pyrrole nitrogens is 1. The molecule has 4 N–H and O–H groups in total. The fourth-order valence-corrected chi connectivity index (χ4v) is 3.65. The smallest absolute Gasteiger partial charge is 0.255 e. The average molecular weight is 458 g/mol. The number of likely N-dealkylation sites (tertiary alicyclic amines) is 1. The standard InChI is InChI=1S/C21H21ClFN7O2/c1-10(21(32)30-8-12(23)9-30)28-20(31)14-6-26-19-18(14)29-16(7-27-19)17(24)13-4-3-11(22)5-15(13)25-2/h3-7,10,12,24-25H,8-9H2,1-2H3,(H,26,27)(H,28,31). The Morgan fingerprint density at radius 2 is 2.09 bits per heavy atom. The van der Waals surface area contributed by atoms with Crippen LogP contribution in [0.3, 0.4) is 0 Å². The van der Waals surface area contributed by atoms with Crippen molar-refractivity contribution in [1.29, 1.82) is 5.41 Å². The van der Waals surface area contributed by atoms with Crippen molar-refractivity contribution in [1.82, 2.24) is 25.2 Å². The summed E-state index contributed by atoms with van der Waals surface area (Å²) < 4.78 is 13.0. The summed E-state index contributed by atoms with van der Waals surface area (Å²) in [5, 5.41) is 14.7. The van der Waals surface area contributed by atoms with E-state index < -0.39 is 18.1 Å². The number of aromatic nitrogens is 3. The molecule has 1 aromatic carbocycles. The van der Waals surface area contributed by atoms with Crippen LogP contribution in [0.15, 0.2) is 30.6 Å². The highest BCUT2D eigenvalue weighted by Gasteiger charge is 2.33. The molecule has 0 saturated carbocycles. The van der Waals surface area contributed by atoms with Crippen LogP contribution in [-0.2, 0) is 4.79 Å². The van der Waals surface area contributed by atoms with Crippen molar-refractivity contribution in [3.63, 3.8) is 0 Å². The molecule has 9 nitrogen and oxygen atoms in total. The number of halogens is 2. The van der Waals surface area contributed by atoms with Crippen molar-refractivity contribution < 1.29 is 14.0 Å². The minimum absolute atomic E-state index is 0.0440. The normalized spacial score (nSPS) is 14.7. The van der Waals surface area contributed by atoms with Crippen molar-refractivity contribution in [2.45, 2.75) is 19.1 Å². The third-order valence-corrected chi connectivity index (χ3v) is 5.50. The van der Waals surface area contributed by atoms with Gasteiger partial charge >= 0.3 is 0 Å². The number of rotatable bonds is 6. The summed E-state index contributed by atoms with van der Waals surface area (Å²) in [6.07, 6.45) is 1.89. The van der Waals surface area contributed by atoms with Crippen molar-refractivity contribution in [3.05, 3.63) is 52.4 Å². The van der Waals surface area contributed by atoms with Crippen molar-refractivity contribution in [2.75, 3.05) is 25.5 Å². The highest BCUT2D eigenvalue weighted by atomic mass is 35.5. The van der Waals surface area contributed by atoms with Crippen LogP contribution in [0.1, 0.15) is 28.5 Å². The second kappa shape index (κ2) is 8.54. The lowest BCUT2D eigenvalue weighted by atomic mass is 10.1. The van der Waals surface area contributed by atoms with Gasteiger partial charge in [-0.1, -0.05) is 11.6 Å². The largest absolute Gasteiger partial charge is 0.388 e. The van der Waals surface area contributed by atoms with E-state index in [9.17, 15) is 14.0 Å². The molecular formula is C21H21ClFN7O2. The van der Waals surface area contributed by atoms with Gasteiger partial charge < -0.3 is 20.5 Å². The number of alkyl halides is 1. The van der Waals surface area contributed by atoms with E-state index in [4.69, 9.17) is 17.0 Å². The van der Waals surface area contributed by atoms with Crippen LogP contribution in [0, 0.1) is 5.41 Å². The van der Waals surface area contributed by atoms with E-state index >= 15 is 0 Å². The van der Waals surface area contributed by atoms with Gasteiger partial charge in [-0.2, -0.15) is 0 Å². The number of benzene rings is 1. The van der Waals surface area contributed by atoms with Crippen LogP contribution < -0.4 is 10.6 Å². The zero-order valence-electron chi connectivity index (χ0n) is 17.4. The molecular weight excluding hydrogens is 437 g/mol. The Morgan fingerprint density at radius 1 is 1.34 bits per heavy atom. The lowest BCUT2D eigenvalue weighted by Gasteiger charge is -2.36. The first kappa shape index (κ1) is 21.7. The molecule has 32 heavy (non-hydrogen) atoms. The van der Waals surface area contributed by atoms with Crippen LogP contribution >= 0.6 is 11.6 Å². The van der Waals surface area contributed by atoms with E-state index in [1.165, 1.54) is 17.3 Å². The Kier molecular flexibility index (Phi) is 5.79. The molecule has 2 amide bonds. The van der Waals surface area contributed by atoms with Crippen LogP contribution in [0.2, 0.25) is 5.02 Å². The zero-order chi connectivity index (χ0) is 23.0. The average Bonchev–Trinajstić information content (AvgIpc) is 3.19. The maximum Gasteiger partial charge on any atom is 0.255 e. The second-order valence-corrected chi connectivity index (χ2v) is 7.94. The molecule has 0 bridgehead atoms. The number of anilines is 1. The van der Waals surface area contributed by atoms with Crippen LogP contribution in [0.4, 0.5) is 10.1 Å². The number of carbonyl (C=O) groups excluding carboxylic acids is 2. The van der Waals surface area contributed by atoms with Gasteiger partial charge in [0.15, 0.2) is 5.65 Å². The highest BCUT2D eigenvalue weighted by molar-refractivity contribution is 6.31. The van der Waals surface area contributed by atoms with Gasteiger partial charge in [-0.15, -0.1) is 0 Å². The summed E-state index contributed by atoms with van der Waals surface area (Å²) in [7, 11) is 1.72. The minimum Gasteiger partial charge on any atom is -0.388 e. The highest BCUT2D eigenvalue weighted by Crippen LogP contribution is 2.24. The lowest BCUT2D eigenvalue weighted by molar-refractivity contribution is -0.139. The van der Waals surface area contributed by atoms with E-state index in [-0.39, 0.29) is 41.5 Å². The van der Waals surface area contributed by atoms with Gasteiger partial charge in [0.05, 0.1) is 30.6 Å². The molecule has 11 heteroatoms. The van der Waals surface area contributed by atoms with Gasteiger partial charge in [0.2, 0.25) is 5.91 Å². The van der Waals surface area contributed by atoms with E-state index in [0.717, 1.165) is 0 Å². The van der Waals surface area contributed by atoms with Crippen molar-refractivity contribution in [3.8, 4) is 0 Å². The molecule has 1 saturated heterocycles. The predicted octanol–water partition coefficient (Wildman–Crippen LogP) is 2.37. The maximum atomic E-state index is 13.0. The van der Waals surface area contributed by atoms with Crippen molar-refractivity contribution in [2.24, 2.45) is 0 Å². The molecule has 3 heterocycles. The molecule has 0 radical (unpaired) electrons. The Labute approximate surface area is 187 Å². The Bertz CT molecular complexity index is 1220. The number of hydrogen-bond donors (Lipinski definition) is 4.